The number of amides is 1. The molecule has 5 heteroatoms. The number of halogens is 2. The molecule has 86 valence electrons. The van der Waals surface area contributed by atoms with Crippen LogP contribution in [0.3, 0.4) is 0 Å². The van der Waals surface area contributed by atoms with Gasteiger partial charge in [-0.25, -0.2) is 4.39 Å². The van der Waals surface area contributed by atoms with Crippen LogP contribution in [0.2, 0.25) is 5.02 Å². The summed E-state index contributed by atoms with van der Waals surface area (Å²) in [5.74, 6) is -0.740. The van der Waals surface area contributed by atoms with Crippen molar-refractivity contribution in [2.45, 2.75) is 13.8 Å². The predicted molar refractivity (Wildman–Crippen MR) is 60.3 cm³/mol. The molecule has 0 atom stereocenters. The van der Waals surface area contributed by atoms with Crippen LogP contribution in [-0.4, -0.2) is 18.4 Å². The van der Waals surface area contributed by atoms with Gasteiger partial charge in [-0.15, -0.1) is 0 Å². The lowest BCUT2D eigenvalue weighted by Gasteiger charge is -2.08. The van der Waals surface area contributed by atoms with Crippen LogP contribution in [0.15, 0.2) is 23.2 Å². The van der Waals surface area contributed by atoms with Gasteiger partial charge in [0.1, 0.15) is 5.82 Å². The zero-order valence-corrected chi connectivity index (χ0v) is 9.71. The molecule has 0 aliphatic rings. The Bertz CT molecular complexity index is 432. The lowest BCUT2D eigenvalue weighted by Crippen LogP contribution is -2.09. The summed E-state index contributed by atoms with van der Waals surface area (Å²) in [7, 11) is 0. The molecule has 3 nitrogen and oxygen atoms in total. The van der Waals surface area contributed by atoms with E-state index >= 15 is 0 Å². The van der Waals surface area contributed by atoms with Crippen molar-refractivity contribution in [3.05, 3.63) is 34.6 Å². The molecule has 0 aliphatic carbocycles. The van der Waals surface area contributed by atoms with Gasteiger partial charge in [0.05, 0.1) is 17.2 Å². The smallest absolute Gasteiger partial charge is 0.245 e. The molecule has 16 heavy (non-hydrogen) atoms. The summed E-state index contributed by atoms with van der Waals surface area (Å²) in [4.78, 5) is 14.6. The zero-order valence-electron chi connectivity index (χ0n) is 8.96. The van der Waals surface area contributed by atoms with Gasteiger partial charge < -0.3 is 4.74 Å². The Morgan fingerprint density at radius 2 is 2.25 bits per heavy atom. The van der Waals surface area contributed by atoms with Crippen molar-refractivity contribution in [1.82, 2.24) is 0 Å². The Morgan fingerprint density at radius 3 is 2.75 bits per heavy atom. The third kappa shape index (κ3) is 3.31. The van der Waals surface area contributed by atoms with E-state index in [0.717, 1.165) is 6.07 Å². The van der Waals surface area contributed by atoms with E-state index < -0.39 is 11.7 Å². The quantitative estimate of drug-likeness (QED) is 0.592. The second-order valence-corrected chi connectivity index (χ2v) is 3.40. The second kappa shape index (κ2) is 5.61. The molecule has 0 fully saturated rings. The second-order valence-electron chi connectivity index (χ2n) is 2.99. The topological polar surface area (TPSA) is 38.7 Å². The molecule has 0 spiro atoms. The van der Waals surface area contributed by atoms with Crippen molar-refractivity contribution in [1.29, 1.82) is 0 Å². The summed E-state index contributed by atoms with van der Waals surface area (Å²) in [6, 6.07) is 3.80. The van der Waals surface area contributed by atoms with E-state index in [2.05, 4.69) is 4.99 Å². The highest BCUT2D eigenvalue weighted by Gasteiger charge is 2.11. The molecule has 0 saturated heterocycles. The molecule has 1 amide bonds. The lowest BCUT2D eigenvalue weighted by molar-refractivity contribution is -0.115. The third-order valence-corrected chi connectivity index (χ3v) is 2.01. The van der Waals surface area contributed by atoms with Crippen molar-refractivity contribution < 1.29 is 13.9 Å². The monoisotopic (exact) mass is 243 g/mol. The van der Waals surface area contributed by atoms with Crippen molar-refractivity contribution in [3.63, 3.8) is 0 Å². The third-order valence-electron chi connectivity index (χ3n) is 1.70. The Kier molecular flexibility index (Phi) is 4.43. The summed E-state index contributed by atoms with van der Waals surface area (Å²) >= 11 is 5.83. The fraction of sp³-hybridized carbons (Fsp3) is 0.273. The number of hydrogen-bond donors (Lipinski definition) is 0. The maximum atomic E-state index is 12.8. The van der Waals surface area contributed by atoms with Gasteiger partial charge in [-0.05, 0) is 25.1 Å². The van der Waals surface area contributed by atoms with Crippen LogP contribution in [0, 0.1) is 5.82 Å². The maximum absolute atomic E-state index is 12.8. The average molecular weight is 244 g/mol. The first-order valence-corrected chi connectivity index (χ1v) is 5.10. The molecule has 0 N–H and O–H groups in total. The highest BCUT2D eigenvalue weighted by atomic mass is 35.5. The van der Waals surface area contributed by atoms with Crippen LogP contribution in [-0.2, 0) is 9.53 Å². The highest BCUT2D eigenvalue weighted by Crippen LogP contribution is 2.18. The van der Waals surface area contributed by atoms with E-state index in [-0.39, 0.29) is 10.9 Å². The van der Waals surface area contributed by atoms with Gasteiger partial charge >= 0.3 is 0 Å². The first-order valence-electron chi connectivity index (χ1n) is 4.72. The minimum Gasteiger partial charge on any atom is -0.477 e. The largest absolute Gasteiger partial charge is 0.477 e. The molecule has 0 heterocycles. The van der Waals surface area contributed by atoms with E-state index in [9.17, 15) is 9.18 Å². The van der Waals surface area contributed by atoms with E-state index in [4.69, 9.17) is 16.3 Å². The number of nitrogens with zero attached hydrogens (tertiary/aromatic N) is 1. The number of hydrogen-bond acceptors (Lipinski definition) is 2. The van der Waals surface area contributed by atoms with Gasteiger partial charge in [0.15, 0.2) is 0 Å². The molecule has 0 saturated carbocycles. The molecule has 0 aliphatic heterocycles. The number of benzene rings is 1. The average Bonchev–Trinajstić information content (AvgIpc) is 2.16. The van der Waals surface area contributed by atoms with E-state index in [1.165, 1.54) is 19.1 Å². The molecule has 1 rings (SSSR count). The number of carbonyl (C=O) groups is 1. The van der Waals surface area contributed by atoms with Crippen molar-refractivity contribution >= 4 is 23.4 Å². The van der Waals surface area contributed by atoms with Gasteiger partial charge in [-0.2, -0.15) is 4.99 Å². The molecule has 0 radical (unpaired) electrons. The van der Waals surface area contributed by atoms with Crippen LogP contribution in [0.5, 0.6) is 0 Å². The first kappa shape index (κ1) is 12.6. The minimum absolute atomic E-state index is 0.111. The Balaban J connectivity index is 3.16. The summed E-state index contributed by atoms with van der Waals surface area (Å²) < 4.78 is 18.0. The first-order chi connectivity index (χ1) is 7.54. The van der Waals surface area contributed by atoms with Gasteiger partial charge in [-0.1, -0.05) is 11.6 Å². The normalized spacial score (nSPS) is 11.4. The van der Waals surface area contributed by atoms with Gasteiger partial charge in [-0.3, -0.25) is 4.79 Å². The number of carbonyl (C=O) groups excluding carboxylic acids is 1. The number of rotatable bonds is 2. The maximum Gasteiger partial charge on any atom is 0.245 e. The standard InChI is InChI=1S/C11H11ClFNO2/c1-3-16-11(14-7(2)15)9-5-4-8(13)6-10(9)12/h4-6H,3H2,1-2H3. The van der Waals surface area contributed by atoms with Crippen molar-refractivity contribution in [2.24, 2.45) is 4.99 Å². The van der Waals surface area contributed by atoms with Crippen LogP contribution in [0.1, 0.15) is 19.4 Å². The Labute approximate surface area is 97.9 Å². The molecular weight excluding hydrogens is 233 g/mol. The van der Waals surface area contributed by atoms with Crippen LogP contribution < -0.4 is 0 Å². The van der Waals surface area contributed by atoms with E-state index in [1.807, 2.05) is 0 Å². The molecule has 0 bridgehead atoms. The van der Waals surface area contributed by atoms with Crippen molar-refractivity contribution in [3.8, 4) is 0 Å². The van der Waals surface area contributed by atoms with E-state index in [0.29, 0.717) is 12.2 Å². The molecule has 1 aromatic carbocycles. The summed E-state index contributed by atoms with van der Waals surface area (Å²) in [5, 5.41) is 0.161. The fourth-order valence-electron chi connectivity index (χ4n) is 1.11. The van der Waals surface area contributed by atoms with Gasteiger partial charge in [0.25, 0.3) is 0 Å². The SMILES string of the molecule is CCOC(=NC(C)=O)c1ccc(F)cc1Cl. The van der Waals surface area contributed by atoms with Crippen molar-refractivity contribution in [2.75, 3.05) is 6.61 Å². The van der Waals surface area contributed by atoms with Gasteiger partial charge in [0, 0.05) is 6.92 Å². The van der Waals surface area contributed by atoms with Crippen LogP contribution >= 0.6 is 11.6 Å². The Morgan fingerprint density at radius 1 is 1.56 bits per heavy atom. The number of aliphatic imine (C=N–C) groups is 1. The molecule has 0 aromatic heterocycles. The molecule has 1 aromatic rings. The predicted octanol–water partition coefficient (Wildman–Crippen LogP) is 2.81. The minimum atomic E-state index is -0.451. The Hall–Kier alpha value is -1.42. The van der Waals surface area contributed by atoms with Crippen LogP contribution in [0.4, 0.5) is 4.39 Å². The van der Waals surface area contributed by atoms with E-state index in [1.54, 1.807) is 6.92 Å². The fourth-order valence-corrected chi connectivity index (χ4v) is 1.36. The highest BCUT2D eigenvalue weighted by molar-refractivity contribution is 6.34. The number of ether oxygens (including phenoxy) is 1. The summed E-state index contributed by atoms with van der Waals surface area (Å²) in [5.41, 5.74) is 0.403. The molecule has 0 unspecified atom stereocenters. The summed E-state index contributed by atoms with van der Waals surface area (Å²) in [6.45, 7) is 3.41. The summed E-state index contributed by atoms with van der Waals surface area (Å²) in [6.07, 6.45) is 0. The zero-order chi connectivity index (χ0) is 12.1. The van der Waals surface area contributed by atoms with Gasteiger partial charge in [0.2, 0.25) is 11.8 Å². The molecular formula is C11H11ClFNO2. The van der Waals surface area contributed by atoms with Crippen LogP contribution in [0.25, 0.3) is 0 Å². The lowest BCUT2D eigenvalue weighted by atomic mass is 10.2.